The summed E-state index contributed by atoms with van der Waals surface area (Å²) in [5.74, 6) is 2.42. The summed E-state index contributed by atoms with van der Waals surface area (Å²) in [5.41, 5.74) is 1.43. The number of benzene rings is 1. The summed E-state index contributed by atoms with van der Waals surface area (Å²) < 4.78 is 1.25. The van der Waals surface area contributed by atoms with E-state index in [0.29, 0.717) is 0 Å². The van der Waals surface area contributed by atoms with Gasteiger partial charge in [0, 0.05) is 15.9 Å². The third-order valence-electron chi connectivity index (χ3n) is 1.33. The molecule has 1 rings (SSSR count). The Morgan fingerprint density at radius 1 is 1.18 bits per heavy atom. The zero-order valence-electron chi connectivity index (χ0n) is 6.29. The van der Waals surface area contributed by atoms with Gasteiger partial charge in [0.05, 0.1) is 0 Å². The normalized spacial score (nSPS) is 9.91. The first-order valence-corrected chi connectivity index (χ1v) is 6.29. The third kappa shape index (κ3) is 4.01. The van der Waals surface area contributed by atoms with Crippen LogP contribution in [-0.2, 0) is 5.75 Å². The lowest BCUT2D eigenvalue weighted by atomic mass is 10.2. The van der Waals surface area contributed by atoms with Crippen molar-refractivity contribution in [3.05, 3.63) is 35.9 Å². The first kappa shape index (κ1) is 9.39. The van der Waals surface area contributed by atoms with Crippen LogP contribution in [0.15, 0.2) is 30.3 Å². The second-order valence-corrected chi connectivity index (χ2v) is 4.41. The Kier molecular flexibility index (Phi) is 5.03. The van der Waals surface area contributed by atoms with Crippen LogP contribution < -0.4 is 0 Å². The van der Waals surface area contributed by atoms with Crippen LogP contribution in [0.25, 0.3) is 0 Å². The number of thioether (sulfide) groups is 1. The largest absolute Gasteiger partial charge is 0.156 e. The van der Waals surface area contributed by atoms with E-state index in [1.807, 2.05) is 11.8 Å². The zero-order valence-corrected chi connectivity index (χ0v) is 9.27. The molecule has 0 fully saturated rings. The van der Waals surface area contributed by atoms with Gasteiger partial charge in [-0.05, 0) is 5.56 Å². The highest BCUT2D eigenvalue weighted by molar-refractivity contribution is 14.1. The maximum absolute atomic E-state index is 2.41. The summed E-state index contributed by atoms with van der Waals surface area (Å²) in [6, 6.07) is 10.6. The number of rotatable bonds is 4. The smallest absolute Gasteiger partial charge is 0.0184 e. The van der Waals surface area contributed by atoms with Gasteiger partial charge in [-0.15, -0.1) is 0 Å². The minimum absolute atomic E-state index is 1.16. The fraction of sp³-hybridized carbons (Fsp3) is 0.333. The molecule has 0 saturated heterocycles. The quantitative estimate of drug-likeness (QED) is 0.462. The Labute approximate surface area is 85.9 Å². The molecular formula is C9H11IS. The van der Waals surface area contributed by atoms with Gasteiger partial charge in [0.25, 0.3) is 0 Å². The molecule has 0 spiro atoms. The molecule has 0 bridgehead atoms. The van der Waals surface area contributed by atoms with E-state index in [0.717, 1.165) is 5.75 Å². The van der Waals surface area contributed by atoms with Crippen LogP contribution in [0.1, 0.15) is 5.56 Å². The molecule has 0 atom stereocenters. The predicted molar refractivity (Wildman–Crippen MR) is 61.5 cm³/mol. The molecule has 2 heteroatoms. The molecule has 0 aliphatic rings. The molecular weight excluding hydrogens is 267 g/mol. The number of halogens is 1. The van der Waals surface area contributed by atoms with Gasteiger partial charge in [-0.1, -0.05) is 52.9 Å². The molecule has 0 nitrogen and oxygen atoms in total. The van der Waals surface area contributed by atoms with Gasteiger partial charge in [-0.25, -0.2) is 0 Å². The van der Waals surface area contributed by atoms with Crippen LogP contribution in [0, 0.1) is 0 Å². The number of hydrogen-bond acceptors (Lipinski definition) is 1. The predicted octanol–water partition coefficient (Wildman–Crippen LogP) is 3.35. The maximum atomic E-state index is 2.41. The highest BCUT2D eigenvalue weighted by Gasteiger charge is 1.89. The molecule has 0 aromatic heterocycles. The van der Waals surface area contributed by atoms with Crippen molar-refractivity contribution in [2.75, 3.05) is 10.2 Å². The topological polar surface area (TPSA) is 0 Å². The standard InChI is InChI=1S/C9H11IS/c10-6-7-11-8-9-4-2-1-3-5-9/h1-5H,6-8H2. The lowest BCUT2D eigenvalue weighted by Crippen LogP contribution is -1.82. The average Bonchev–Trinajstić information content (AvgIpc) is 2.07. The van der Waals surface area contributed by atoms with E-state index < -0.39 is 0 Å². The van der Waals surface area contributed by atoms with Gasteiger partial charge in [-0.3, -0.25) is 0 Å². The molecule has 60 valence electrons. The maximum Gasteiger partial charge on any atom is 0.0184 e. The lowest BCUT2D eigenvalue weighted by Gasteiger charge is -1.97. The van der Waals surface area contributed by atoms with E-state index in [4.69, 9.17) is 0 Å². The van der Waals surface area contributed by atoms with E-state index >= 15 is 0 Å². The van der Waals surface area contributed by atoms with E-state index in [2.05, 4.69) is 52.9 Å². The molecule has 0 saturated carbocycles. The highest BCUT2D eigenvalue weighted by Crippen LogP contribution is 2.11. The summed E-state index contributed by atoms with van der Waals surface area (Å²) in [5, 5.41) is 0. The van der Waals surface area contributed by atoms with E-state index in [9.17, 15) is 0 Å². The molecule has 0 aliphatic heterocycles. The molecule has 1 aromatic rings. The van der Waals surface area contributed by atoms with Crippen molar-refractivity contribution in [3.8, 4) is 0 Å². The summed E-state index contributed by atoms with van der Waals surface area (Å²) in [4.78, 5) is 0. The highest BCUT2D eigenvalue weighted by atomic mass is 127. The summed E-state index contributed by atoms with van der Waals surface area (Å²) in [6.45, 7) is 0. The van der Waals surface area contributed by atoms with Crippen molar-refractivity contribution in [2.45, 2.75) is 5.75 Å². The second-order valence-electron chi connectivity index (χ2n) is 2.23. The third-order valence-corrected chi connectivity index (χ3v) is 3.63. The second kappa shape index (κ2) is 5.89. The number of alkyl halides is 1. The fourth-order valence-corrected chi connectivity index (χ4v) is 2.43. The molecule has 11 heavy (non-hydrogen) atoms. The van der Waals surface area contributed by atoms with Gasteiger partial charge in [0.15, 0.2) is 0 Å². The Hall–Kier alpha value is 0.300. The molecule has 0 unspecified atom stereocenters. The van der Waals surface area contributed by atoms with Crippen LogP contribution in [0.3, 0.4) is 0 Å². The van der Waals surface area contributed by atoms with Gasteiger partial charge in [0.2, 0.25) is 0 Å². The fourth-order valence-electron chi connectivity index (χ4n) is 0.819. The van der Waals surface area contributed by atoms with Crippen LogP contribution >= 0.6 is 34.4 Å². The SMILES string of the molecule is ICCSCc1ccccc1. The van der Waals surface area contributed by atoms with E-state index in [1.54, 1.807) is 0 Å². The van der Waals surface area contributed by atoms with Crippen LogP contribution in [0.2, 0.25) is 0 Å². The van der Waals surface area contributed by atoms with Crippen molar-refractivity contribution in [1.29, 1.82) is 0 Å². The summed E-state index contributed by atoms with van der Waals surface area (Å²) >= 11 is 4.41. The van der Waals surface area contributed by atoms with Gasteiger partial charge in [-0.2, -0.15) is 11.8 Å². The van der Waals surface area contributed by atoms with Gasteiger partial charge in [0.1, 0.15) is 0 Å². The van der Waals surface area contributed by atoms with Crippen LogP contribution in [0.5, 0.6) is 0 Å². The minimum atomic E-state index is 1.16. The molecule has 0 N–H and O–H groups in total. The molecule has 0 radical (unpaired) electrons. The Morgan fingerprint density at radius 3 is 2.55 bits per heavy atom. The van der Waals surface area contributed by atoms with Crippen molar-refractivity contribution >= 4 is 34.4 Å². The first-order chi connectivity index (χ1) is 5.43. The lowest BCUT2D eigenvalue weighted by molar-refractivity contribution is 1.40. The van der Waals surface area contributed by atoms with Crippen molar-refractivity contribution in [2.24, 2.45) is 0 Å². The Morgan fingerprint density at radius 2 is 1.91 bits per heavy atom. The Bertz CT molecular complexity index is 186. The Balaban J connectivity index is 2.28. The molecule has 0 aliphatic carbocycles. The van der Waals surface area contributed by atoms with Crippen LogP contribution in [-0.4, -0.2) is 10.2 Å². The molecule has 0 amide bonds. The molecule has 1 aromatic carbocycles. The summed E-state index contributed by atoms with van der Waals surface area (Å²) in [6.07, 6.45) is 0. The van der Waals surface area contributed by atoms with E-state index in [-0.39, 0.29) is 0 Å². The molecule has 0 heterocycles. The summed E-state index contributed by atoms with van der Waals surface area (Å²) in [7, 11) is 0. The van der Waals surface area contributed by atoms with Crippen molar-refractivity contribution in [3.63, 3.8) is 0 Å². The van der Waals surface area contributed by atoms with Crippen molar-refractivity contribution in [1.82, 2.24) is 0 Å². The van der Waals surface area contributed by atoms with E-state index in [1.165, 1.54) is 15.7 Å². The first-order valence-electron chi connectivity index (χ1n) is 3.61. The zero-order chi connectivity index (χ0) is 7.94. The van der Waals surface area contributed by atoms with Crippen molar-refractivity contribution < 1.29 is 0 Å². The minimum Gasteiger partial charge on any atom is -0.156 e. The van der Waals surface area contributed by atoms with Gasteiger partial charge < -0.3 is 0 Å². The van der Waals surface area contributed by atoms with Crippen LogP contribution in [0.4, 0.5) is 0 Å². The average molecular weight is 278 g/mol. The monoisotopic (exact) mass is 278 g/mol. The van der Waals surface area contributed by atoms with Gasteiger partial charge >= 0.3 is 0 Å². The number of hydrogen-bond donors (Lipinski definition) is 0.